The Morgan fingerprint density at radius 3 is 2.55 bits per heavy atom. The van der Waals surface area contributed by atoms with Gasteiger partial charge in [-0.2, -0.15) is 0 Å². The molecule has 114 valence electrons. The molecule has 2 bridgehead atoms. The maximum Gasteiger partial charge on any atom is 0.323 e. The summed E-state index contributed by atoms with van der Waals surface area (Å²) >= 11 is 0. The Morgan fingerprint density at radius 1 is 1.30 bits per heavy atom. The first kappa shape index (κ1) is 15.1. The lowest BCUT2D eigenvalue weighted by Gasteiger charge is -2.26. The van der Waals surface area contributed by atoms with Gasteiger partial charge in [-0.3, -0.25) is 4.79 Å². The fourth-order valence-corrected chi connectivity index (χ4v) is 3.78. The molecule has 0 aromatic heterocycles. The molecular formula is C15H26N2O3. The Hall–Kier alpha value is -1.26. The molecule has 0 aromatic rings. The number of nitrogens with zero attached hydrogens (tertiary/aromatic N) is 1. The summed E-state index contributed by atoms with van der Waals surface area (Å²) in [6, 6.07) is -0.233. The van der Waals surface area contributed by atoms with Crippen molar-refractivity contribution < 1.29 is 14.7 Å². The van der Waals surface area contributed by atoms with E-state index in [1.807, 2.05) is 13.8 Å². The second kappa shape index (κ2) is 6.46. The summed E-state index contributed by atoms with van der Waals surface area (Å²) in [5.41, 5.74) is 0. The summed E-state index contributed by atoms with van der Waals surface area (Å²) < 4.78 is 0. The zero-order chi connectivity index (χ0) is 14.7. The van der Waals surface area contributed by atoms with Gasteiger partial charge >= 0.3 is 12.0 Å². The van der Waals surface area contributed by atoms with Crippen LogP contribution in [0.15, 0.2) is 0 Å². The van der Waals surface area contributed by atoms with Crippen LogP contribution in [0.3, 0.4) is 0 Å². The molecule has 2 saturated carbocycles. The monoisotopic (exact) mass is 282 g/mol. The number of hydrogen-bond donors (Lipinski definition) is 2. The third kappa shape index (κ3) is 3.87. The number of carboxylic acid groups (broad SMARTS) is 1. The van der Waals surface area contributed by atoms with Gasteiger partial charge in [-0.25, -0.2) is 4.79 Å². The standard InChI is InChI=1S/C15H26N2O3/c1-10(2)8-17(9-14(18)19)15(20)16-7-13-6-11-3-4-12(13)5-11/h10-13H,3-9H2,1-2H3,(H,16,20)(H,18,19). The number of nitrogens with one attached hydrogen (secondary N) is 1. The smallest absolute Gasteiger partial charge is 0.323 e. The lowest BCUT2D eigenvalue weighted by molar-refractivity contribution is -0.137. The van der Waals surface area contributed by atoms with Crippen molar-refractivity contribution in [3.8, 4) is 0 Å². The molecule has 2 aliphatic rings. The molecule has 3 atom stereocenters. The van der Waals surface area contributed by atoms with Crippen LogP contribution in [-0.4, -0.2) is 41.6 Å². The van der Waals surface area contributed by atoms with Crippen LogP contribution < -0.4 is 5.32 Å². The van der Waals surface area contributed by atoms with E-state index in [0.717, 1.165) is 11.8 Å². The molecular weight excluding hydrogens is 256 g/mol. The molecule has 2 amide bonds. The minimum absolute atomic E-state index is 0.221. The summed E-state index contributed by atoms with van der Waals surface area (Å²) in [6.45, 7) is 4.93. The molecule has 20 heavy (non-hydrogen) atoms. The summed E-state index contributed by atoms with van der Waals surface area (Å²) in [7, 11) is 0. The topological polar surface area (TPSA) is 69.6 Å². The van der Waals surface area contributed by atoms with Crippen LogP contribution in [0.2, 0.25) is 0 Å². The van der Waals surface area contributed by atoms with E-state index in [4.69, 9.17) is 5.11 Å². The van der Waals surface area contributed by atoms with Crippen LogP contribution >= 0.6 is 0 Å². The van der Waals surface area contributed by atoms with Gasteiger partial charge < -0.3 is 15.3 Å². The minimum atomic E-state index is -0.958. The Bertz CT molecular complexity index is 370. The van der Waals surface area contributed by atoms with Crippen molar-refractivity contribution in [2.45, 2.75) is 39.5 Å². The van der Waals surface area contributed by atoms with Gasteiger partial charge in [0.25, 0.3) is 0 Å². The number of fused-ring (bicyclic) bond motifs is 2. The molecule has 5 nitrogen and oxygen atoms in total. The summed E-state index contributed by atoms with van der Waals surface area (Å²) in [6.07, 6.45) is 5.21. The molecule has 2 rings (SSSR count). The Morgan fingerprint density at radius 2 is 2.05 bits per heavy atom. The van der Waals surface area contributed by atoms with E-state index in [1.165, 1.54) is 30.6 Å². The number of hydrogen-bond acceptors (Lipinski definition) is 2. The van der Waals surface area contributed by atoms with Crippen molar-refractivity contribution in [3.05, 3.63) is 0 Å². The molecule has 0 saturated heterocycles. The maximum absolute atomic E-state index is 12.1. The predicted octanol–water partition coefficient (Wildman–Crippen LogP) is 2.17. The first-order chi connectivity index (χ1) is 9.45. The number of carbonyl (C=O) groups excluding carboxylic acids is 1. The fraction of sp³-hybridized carbons (Fsp3) is 0.867. The van der Waals surface area contributed by atoms with Gasteiger partial charge in [-0.05, 0) is 42.9 Å². The van der Waals surface area contributed by atoms with Gasteiger partial charge in [0, 0.05) is 13.1 Å². The lowest BCUT2D eigenvalue weighted by Crippen LogP contribution is -2.46. The zero-order valence-corrected chi connectivity index (χ0v) is 12.5. The normalized spacial score (nSPS) is 27.9. The van der Waals surface area contributed by atoms with Crippen molar-refractivity contribution in [1.82, 2.24) is 10.2 Å². The van der Waals surface area contributed by atoms with Crippen LogP contribution in [0, 0.1) is 23.7 Å². The van der Waals surface area contributed by atoms with Gasteiger partial charge in [0.1, 0.15) is 6.54 Å². The number of carboxylic acids is 1. The number of rotatable bonds is 6. The van der Waals surface area contributed by atoms with E-state index in [1.54, 1.807) is 0 Å². The van der Waals surface area contributed by atoms with Crippen molar-refractivity contribution in [3.63, 3.8) is 0 Å². The molecule has 2 fully saturated rings. The number of amides is 2. The average molecular weight is 282 g/mol. The third-order valence-electron chi connectivity index (χ3n) is 4.60. The van der Waals surface area contributed by atoms with E-state index in [0.29, 0.717) is 19.0 Å². The highest BCUT2D eigenvalue weighted by atomic mass is 16.4. The molecule has 0 radical (unpaired) electrons. The average Bonchev–Trinajstić information content (AvgIpc) is 2.96. The number of urea groups is 1. The van der Waals surface area contributed by atoms with Crippen molar-refractivity contribution in [2.75, 3.05) is 19.6 Å². The molecule has 2 N–H and O–H groups in total. The quantitative estimate of drug-likeness (QED) is 0.784. The highest BCUT2D eigenvalue weighted by Gasteiger charge is 2.39. The van der Waals surface area contributed by atoms with Gasteiger partial charge in [0.15, 0.2) is 0 Å². The van der Waals surface area contributed by atoms with Crippen molar-refractivity contribution in [1.29, 1.82) is 0 Å². The van der Waals surface area contributed by atoms with Gasteiger partial charge in [-0.1, -0.05) is 20.3 Å². The van der Waals surface area contributed by atoms with E-state index in [-0.39, 0.29) is 18.5 Å². The summed E-state index contributed by atoms with van der Waals surface area (Å²) in [5, 5.41) is 11.8. The first-order valence-corrected chi connectivity index (χ1v) is 7.70. The van der Waals surface area contributed by atoms with Gasteiger partial charge in [0.05, 0.1) is 0 Å². The molecule has 0 heterocycles. The maximum atomic E-state index is 12.1. The Balaban J connectivity index is 1.80. The first-order valence-electron chi connectivity index (χ1n) is 7.70. The minimum Gasteiger partial charge on any atom is -0.480 e. The highest BCUT2D eigenvalue weighted by molar-refractivity contribution is 5.80. The lowest BCUT2D eigenvalue weighted by atomic mass is 9.89. The Labute approximate surface area is 120 Å². The van der Waals surface area contributed by atoms with E-state index >= 15 is 0 Å². The molecule has 0 aliphatic heterocycles. The molecule has 5 heteroatoms. The SMILES string of the molecule is CC(C)CN(CC(=O)O)C(=O)NCC1CC2CCC1C2. The highest BCUT2D eigenvalue weighted by Crippen LogP contribution is 2.47. The zero-order valence-electron chi connectivity index (χ0n) is 12.5. The fourth-order valence-electron chi connectivity index (χ4n) is 3.78. The number of carbonyl (C=O) groups is 2. The van der Waals surface area contributed by atoms with Crippen LogP contribution in [0.5, 0.6) is 0 Å². The van der Waals surface area contributed by atoms with Crippen LogP contribution in [0.25, 0.3) is 0 Å². The van der Waals surface area contributed by atoms with Gasteiger partial charge in [0.2, 0.25) is 0 Å². The molecule has 0 aromatic carbocycles. The van der Waals surface area contributed by atoms with E-state index < -0.39 is 5.97 Å². The van der Waals surface area contributed by atoms with Crippen molar-refractivity contribution in [2.24, 2.45) is 23.7 Å². The van der Waals surface area contributed by atoms with E-state index in [9.17, 15) is 9.59 Å². The molecule has 2 aliphatic carbocycles. The predicted molar refractivity (Wildman–Crippen MR) is 76.4 cm³/mol. The van der Waals surface area contributed by atoms with E-state index in [2.05, 4.69) is 5.32 Å². The summed E-state index contributed by atoms with van der Waals surface area (Å²) in [4.78, 5) is 24.4. The van der Waals surface area contributed by atoms with Crippen LogP contribution in [0.4, 0.5) is 4.79 Å². The molecule has 3 unspecified atom stereocenters. The molecule has 0 spiro atoms. The Kier molecular flexibility index (Phi) is 4.89. The second-order valence-corrected chi connectivity index (χ2v) is 6.79. The number of aliphatic carboxylic acids is 1. The summed E-state index contributed by atoms with van der Waals surface area (Å²) in [5.74, 6) is 1.55. The van der Waals surface area contributed by atoms with Crippen LogP contribution in [-0.2, 0) is 4.79 Å². The van der Waals surface area contributed by atoms with Gasteiger partial charge in [-0.15, -0.1) is 0 Å². The third-order valence-corrected chi connectivity index (χ3v) is 4.60. The largest absolute Gasteiger partial charge is 0.480 e. The van der Waals surface area contributed by atoms with Crippen LogP contribution in [0.1, 0.15) is 39.5 Å². The van der Waals surface area contributed by atoms with Crippen molar-refractivity contribution >= 4 is 12.0 Å². The second-order valence-electron chi connectivity index (χ2n) is 6.79.